The van der Waals surface area contributed by atoms with Gasteiger partial charge in [0.1, 0.15) is 23.3 Å². The molecule has 6 heterocycles. The quantitative estimate of drug-likeness (QED) is 0.174. The first-order chi connectivity index (χ1) is 30.4. The molecule has 0 spiro atoms. The van der Waals surface area contributed by atoms with Gasteiger partial charge in [-0.1, -0.05) is 97.1 Å². The van der Waals surface area contributed by atoms with Gasteiger partial charge in [-0.05, 0) is 120 Å². The molecule has 0 bridgehead atoms. The Hall–Kier alpha value is -8.10. The molecule has 8 heteroatoms. The lowest BCUT2D eigenvalue weighted by atomic mass is 10.1. The molecule has 10 aromatic rings. The molecule has 4 aromatic heterocycles. The fraction of sp³-hybridized carbons (Fsp3) is 0.0741. The first-order valence-corrected chi connectivity index (χ1v) is 20.9. The standard InChI is InChI=1S/C54H40N8/c1-33-21-45-46(22-34(33)2)60(50-26-38-14-6-10-18-42(38)30-56-50)53(59(45)49-25-37-13-5-9-17-41(37)29-55-49)54-61(51-27-39-15-7-11-19-43(39)31-57-51)47-23-35(3)36(4)24-48(47)62(54)52-28-40-16-8-12-20-44(40)32-58-52/h5-32H,1-4H3. The number of aromatic nitrogens is 4. The minimum atomic E-state index is 0.778. The summed E-state index contributed by atoms with van der Waals surface area (Å²) in [5.74, 6) is 4.79. The van der Waals surface area contributed by atoms with E-state index in [4.69, 9.17) is 19.9 Å². The van der Waals surface area contributed by atoms with Crippen molar-refractivity contribution >= 4 is 89.1 Å². The maximum atomic E-state index is 5.27. The molecule has 12 rings (SSSR count). The minimum absolute atomic E-state index is 0.778. The Morgan fingerprint density at radius 1 is 0.274 bits per heavy atom. The molecule has 296 valence electrons. The van der Waals surface area contributed by atoms with E-state index in [0.29, 0.717) is 0 Å². The van der Waals surface area contributed by atoms with E-state index in [2.05, 4.69) is 193 Å². The van der Waals surface area contributed by atoms with Crippen molar-refractivity contribution in [1.82, 2.24) is 19.9 Å². The van der Waals surface area contributed by atoms with Crippen LogP contribution in [0.15, 0.2) is 182 Å². The van der Waals surface area contributed by atoms with Crippen LogP contribution in [0.2, 0.25) is 0 Å². The van der Waals surface area contributed by atoms with Crippen LogP contribution >= 0.6 is 0 Å². The summed E-state index contributed by atoms with van der Waals surface area (Å²) in [6.45, 7) is 8.72. The maximum Gasteiger partial charge on any atom is 0.168 e. The fourth-order valence-corrected chi connectivity index (χ4v) is 9.05. The number of anilines is 8. The van der Waals surface area contributed by atoms with Gasteiger partial charge >= 0.3 is 0 Å². The van der Waals surface area contributed by atoms with E-state index in [-0.39, 0.29) is 0 Å². The summed E-state index contributed by atoms with van der Waals surface area (Å²) >= 11 is 0. The van der Waals surface area contributed by atoms with Crippen molar-refractivity contribution in [3.63, 3.8) is 0 Å². The Morgan fingerprint density at radius 3 is 0.710 bits per heavy atom. The van der Waals surface area contributed by atoms with Crippen LogP contribution < -0.4 is 19.6 Å². The van der Waals surface area contributed by atoms with Crippen LogP contribution in [0.25, 0.3) is 43.1 Å². The van der Waals surface area contributed by atoms with E-state index in [9.17, 15) is 0 Å². The summed E-state index contributed by atoms with van der Waals surface area (Å²) < 4.78 is 0. The molecule has 0 atom stereocenters. The van der Waals surface area contributed by atoms with Crippen molar-refractivity contribution in [2.75, 3.05) is 19.6 Å². The molecule has 0 amide bonds. The zero-order valence-electron chi connectivity index (χ0n) is 34.7. The zero-order chi connectivity index (χ0) is 41.6. The second-order valence-electron chi connectivity index (χ2n) is 16.4. The van der Waals surface area contributed by atoms with Crippen LogP contribution in [-0.4, -0.2) is 19.9 Å². The molecular formula is C54H40N8. The summed E-state index contributed by atoms with van der Waals surface area (Å²) in [5, 5.41) is 8.66. The summed E-state index contributed by atoms with van der Waals surface area (Å²) in [7, 11) is 0. The molecule has 0 aliphatic carbocycles. The van der Waals surface area contributed by atoms with Gasteiger partial charge in [0.15, 0.2) is 11.6 Å². The van der Waals surface area contributed by atoms with E-state index in [1.54, 1.807) is 0 Å². The number of nitrogens with zero attached hydrogens (tertiary/aromatic N) is 8. The molecule has 8 nitrogen and oxygen atoms in total. The third kappa shape index (κ3) is 5.53. The summed E-state index contributed by atoms with van der Waals surface area (Å²) in [4.78, 5) is 30.3. The van der Waals surface area contributed by atoms with Crippen LogP contribution in [0.5, 0.6) is 0 Å². The monoisotopic (exact) mass is 800 g/mol. The minimum Gasteiger partial charge on any atom is -0.275 e. The average molecular weight is 801 g/mol. The van der Waals surface area contributed by atoms with Gasteiger partial charge in [-0.15, -0.1) is 0 Å². The van der Waals surface area contributed by atoms with E-state index in [1.165, 1.54) is 22.3 Å². The molecule has 0 fully saturated rings. The van der Waals surface area contributed by atoms with Gasteiger partial charge in [0.05, 0.1) is 22.7 Å². The highest BCUT2D eigenvalue weighted by Gasteiger charge is 2.46. The molecule has 0 saturated carbocycles. The van der Waals surface area contributed by atoms with Crippen molar-refractivity contribution in [2.24, 2.45) is 0 Å². The molecule has 62 heavy (non-hydrogen) atoms. The lowest BCUT2D eigenvalue weighted by Crippen LogP contribution is -2.34. The smallest absolute Gasteiger partial charge is 0.168 e. The molecule has 2 aliphatic heterocycles. The summed E-state index contributed by atoms with van der Waals surface area (Å²) in [5.41, 5.74) is 8.68. The van der Waals surface area contributed by atoms with Crippen LogP contribution in [0.3, 0.4) is 0 Å². The van der Waals surface area contributed by atoms with Gasteiger partial charge in [-0.3, -0.25) is 19.6 Å². The van der Waals surface area contributed by atoms with Crippen molar-refractivity contribution in [2.45, 2.75) is 27.7 Å². The highest BCUT2D eigenvalue weighted by Crippen LogP contribution is 2.57. The van der Waals surface area contributed by atoms with Crippen molar-refractivity contribution in [3.05, 3.63) is 204 Å². The average Bonchev–Trinajstić information content (AvgIpc) is 3.80. The highest BCUT2D eigenvalue weighted by molar-refractivity contribution is 6.02. The van der Waals surface area contributed by atoms with E-state index >= 15 is 0 Å². The molecule has 0 radical (unpaired) electrons. The fourth-order valence-electron chi connectivity index (χ4n) is 9.05. The Kier molecular flexibility index (Phi) is 7.93. The first kappa shape index (κ1) is 35.8. The second-order valence-corrected chi connectivity index (χ2v) is 16.4. The molecule has 2 aliphatic rings. The topological polar surface area (TPSA) is 64.5 Å². The summed E-state index contributed by atoms with van der Waals surface area (Å²) in [6, 6.07) is 51.6. The number of fused-ring (bicyclic) bond motifs is 6. The Labute approximate surface area is 359 Å². The number of rotatable bonds is 4. The molecule has 0 unspecified atom stereocenters. The second kappa shape index (κ2) is 13.7. The van der Waals surface area contributed by atoms with Gasteiger partial charge in [-0.25, -0.2) is 19.9 Å². The van der Waals surface area contributed by atoms with E-state index in [1.807, 2.05) is 24.8 Å². The number of pyridine rings is 4. The molecular weight excluding hydrogens is 761 g/mol. The maximum absolute atomic E-state index is 5.27. The normalized spacial score (nSPS) is 13.6. The van der Waals surface area contributed by atoms with E-state index in [0.717, 1.165) is 101 Å². The summed E-state index contributed by atoms with van der Waals surface area (Å²) in [6.07, 6.45) is 7.91. The molecule has 6 aromatic carbocycles. The lowest BCUT2D eigenvalue weighted by molar-refractivity contribution is 0.968. The predicted molar refractivity (Wildman–Crippen MR) is 254 cm³/mol. The lowest BCUT2D eigenvalue weighted by Gasteiger charge is -2.33. The Balaban J connectivity index is 1.26. The van der Waals surface area contributed by atoms with Crippen molar-refractivity contribution in [3.8, 4) is 0 Å². The number of hydrogen-bond acceptors (Lipinski definition) is 8. The largest absolute Gasteiger partial charge is 0.275 e. The van der Waals surface area contributed by atoms with Gasteiger partial charge in [-0.2, -0.15) is 0 Å². The van der Waals surface area contributed by atoms with Crippen LogP contribution in [0, 0.1) is 27.7 Å². The zero-order valence-corrected chi connectivity index (χ0v) is 34.7. The third-order valence-corrected chi connectivity index (χ3v) is 12.6. The number of hydrogen-bond donors (Lipinski definition) is 0. The van der Waals surface area contributed by atoms with Crippen LogP contribution in [0.4, 0.5) is 46.0 Å². The van der Waals surface area contributed by atoms with Crippen molar-refractivity contribution in [1.29, 1.82) is 0 Å². The SMILES string of the molecule is Cc1cc2c(cc1C)N(c1cc3ccccc3cn1)C(=C1N(c3cc4ccccc4cn3)c3cc(C)c(C)cc3N1c1cc3ccccc3cn1)N2c1cc2ccccc2cn1. The van der Waals surface area contributed by atoms with Crippen molar-refractivity contribution < 1.29 is 0 Å². The first-order valence-electron chi connectivity index (χ1n) is 20.9. The third-order valence-electron chi connectivity index (χ3n) is 12.6. The van der Waals surface area contributed by atoms with Gasteiger partial charge < -0.3 is 0 Å². The number of benzene rings is 6. The predicted octanol–water partition coefficient (Wildman–Crippen LogP) is 13.5. The van der Waals surface area contributed by atoms with Gasteiger partial charge in [0.25, 0.3) is 0 Å². The molecule has 0 saturated heterocycles. The molecule has 0 N–H and O–H groups in total. The van der Waals surface area contributed by atoms with Crippen LogP contribution in [-0.2, 0) is 0 Å². The Morgan fingerprint density at radius 2 is 0.484 bits per heavy atom. The highest BCUT2D eigenvalue weighted by atomic mass is 15.5. The van der Waals surface area contributed by atoms with Gasteiger partial charge in [0.2, 0.25) is 0 Å². The van der Waals surface area contributed by atoms with Gasteiger partial charge in [0, 0.05) is 46.3 Å². The van der Waals surface area contributed by atoms with Crippen LogP contribution in [0.1, 0.15) is 22.3 Å². The number of aryl methyl sites for hydroxylation is 4. The van der Waals surface area contributed by atoms with E-state index < -0.39 is 0 Å². The Bertz CT molecular complexity index is 3060.